The first-order valence-electron chi connectivity index (χ1n) is 7.29. The minimum absolute atomic E-state index is 0.111. The number of benzene rings is 1. The number of imidazole rings is 1. The van der Waals surface area contributed by atoms with E-state index < -0.39 is 21.4 Å². The van der Waals surface area contributed by atoms with Crippen LogP contribution in [0.2, 0.25) is 0 Å². The lowest BCUT2D eigenvalue weighted by Gasteiger charge is -2.36. The molecule has 0 amide bonds. The molecule has 0 bridgehead atoms. The maximum atomic E-state index is 13.8. The van der Waals surface area contributed by atoms with Crippen LogP contribution in [0.5, 0.6) is 0 Å². The molecule has 0 radical (unpaired) electrons. The fourth-order valence-electron chi connectivity index (χ4n) is 2.93. The quantitative estimate of drug-likeness (QED) is 0.913. The Hall–Kier alpha value is -1.77. The van der Waals surface area contributed by atoms with Crippen molar-refractivity contribution in [2.75, 3.05) is 13.1 Å². The molecule has 1 aromatic heterocycles. The van der Waals surface area contributed by atoms with Crippen molar-refractivity contribution in [3.05, 3.63) is 48.3 Å². The maximum Gasteiger partial charge on any atom is 0.245 e. The van der Waals surface area contributed by atoms with E-state index in [1.54, 1.807) is 24.0 Å². The number of nitrogens with zero attached hydrogens (tertiary/aromatic N) is 3. The highest BCUT2D eigenvalue weighted by Gasteiger charge is 2.41. The van der Waals surface area contributed by atoms with E-state index in [2.05, 4.69) is 4.98 Å². The normalized spacial score (nSPS) is 18.9. The van der Waals surface area contributed by atoms with Gasteiger partial charge in [0, 0.05) is 32.5 Å². The van der Waals surface area contributed by atoms with Gasteiger partial charge in [-0.1, -0.05) is 12.1 Å². The van der Waals surface area contributed by atoms with Crippen LogP contribution in [0.15, 0.2) is 41.6 Å². The van der Waals surface area contributed by atoms with Gasteiger partial charge in [0.05, 0.1) is 0 Å². The Labute approximate surface area is 134 Å². The third-order valence-corrected chi connectivity index (χ3v) is 6.17. The highest BCUT2D eigenvalue weighted by atomic mass is 32.2. The number of aromatic nitrogens is 2. The van der Waals surface area contributed by atoms with E-state index in [-0.39, 0.29) is 30.8 Å². The molecule has 1 saturated heterocycles. The van der Waals surface area contributed by atoms with E-state index in [0.29, 0.717) is 5.82 Å². The van der Waals surface area contributed by atoms with Gasteiger partial charge in [-0.05, 0) is 25.0 Å². The van der Waals surface area contributed by atoms with Crippen molar-refractivity contribution in [3.63, 3.8) is 0 Å². The van der Waals surface area contributed by atoms with E-state index in [9.17, 15) is 17.9 Å². The zero-order valence-electron chi connectivity index (χ0n) is 12.7. The van der Waals surface area contributed by atoms with Gasteiger partial charge in [-0.25, -0.2) is 17.8 Å². The lowest BCUT2D eigenvalue weighted by atomic mass is 9.91. The Kier molecular flexibility index (Phi) is 3.99. The van der Waals surface area contributed by atoms with E-state index in [4.69, 9.17) is 0 Å². The van der Waals surface area contributed by atoms with Crippen LogP contribution >= 0.6 is 0 Å². The minimum atomic E-state index is -3.90. The first-order valence-corrected chi connectivity index (χ1v) is 8.73. The Morgan fingerprint density at radius 2 is 1.91 bits per heavy atom. The van der Waals surface area contributed by atoms with Gasteiger partial charge in [0.2, 0.25) is 10.0 Å². The first-order chi connectivity index (χ1) is 10.8. The molecule has 0 saturated carbocycles. The number of sulfonamides is 1. The van der Waals surface area contributed by atoms with Gasteiger partial charge >= 0.3 is 0 Å². The van der Waals surface area contributed by atoms with Crippen LogP contribution in [-0.4, -0.2) is 40.5 Å². The van der Waals surface area contributed by atoms with Crippen molar-refractivity contribution in [2.24, 2.45) is 7.05 Å². The SMILES string of the molecule is Cn1ccnc1C1(O)CCN(S(=O)(=O)c2ccccc2F)CC1. The number of hydrogen-bond acceptors (Lipinski definition) is 4. The van der Waals surface area contributed by atoms with E-state index in [1.165, 1.54) is 22.5 Å². The number of rotatable bonds is 3. The Bertz CT molecular complexity index is 811. The molecule has 8 heteroatoms. The maximum absolute atomic E-state index is 13.8. The summed E-state index contributed by atoms with van der Waals surface area (Å²) in [4.78, 5) is 3.82. The Balaban J connectivity index is 1.82. The number of piperidine rings is 1. The number of aryl methyl sites for hydroxylation is 1. The molecule has 0 unspecified atom stereocenters. The number of hydrogen-bond donors (Lipinski definition) is 1. The van der Waals surface area contributed by atoms with Crippen molar-refractivity contribution in [1.82, 2.24) is 13.9 Å². The molecule has 0 spiro atoms. The van der Waals surface area contributed by atoms with Crippen molar-refractivity contribution < 1.29 is 17.9 Å². The zero-order valence-corrected chi connectivity index (χ0v) is 13.5. The summed E-state index contributed by atoms with van der Waals surface area (Å²) >= 11 is 0. The van der Waals surface area contributed by atoms with Crippen molar-refractivity contribution >= 4 is 10.0 Å². The molecular formula is C15H18FN3O3S. The Morgan fingerprint density at radius 3 is 2.48 bits per heavy atom. The zero-order chi connectivity index (χ0) is 16.7. The van der Waals surface area contributed by atoms with Crippen molar-refractivity contribution in [3.8, 4) is 0 Å². The predicted octanol–water partition coefficient (Wildman–Crippen LogP) is 1.23. The summed E-state index contributed by atoms with van der Waals surface area (Å²) in [6.45, 7) is 0.222. The largest absolute Gasteiger partial charge is 0.382 e. The average molecular weight is 339 g/mol. The van der Waals surface area contributed by atoms with Crippen molar-refractivity contribution in [1.29, 1.82) is 0 Å². The third-order valence-electron chi connectivity index (χ3n) is 4.24. The Morgan fingerprint density at radius 1 is 1.26 bits per heavy atom. The summed E-state index contributed by atoms with van der Waals surface area (Å²) in [5, 5.41) is 10.7. The predicted molar refractivity (Wildman–Crippen MR) is 81.5 cm³/mol. The lowest BCUT2D eigenvalue weighted by molar-refractivity contribution is -0.0196. The topological polar surface area (TPSA) is 75.4 Å². The van der Waals surface area contributed by atoms with Crippen LogP contribution in [0.4, 0.5) is 4.39 Å². The highest BCUT2D eigenvalue weighted by molar-refractivity contribution is 7.89. The second-order valence-electron chi connectivity index (χ2n) is 5.73. The summed E-state index contributed by atoms with van der Waals surface area (Å²) < 4.78 is 41.8. The number of aliphatic hydroxyl groups is 1. The van der Waals surface area contributed by atoms with Crippen LogP contribution in [0.3, 0.4) is 0 Å². The molecule has 2 aromatic rings. The van der Waals surface area contributed by atoms with Gasteiger partial charge in [-0.15, -0.1) is 0 Å². The minimum Gasteiger partial charge on any atom is -0.382 e. The molecular weight excluding hydrogens is 321 g/mol. The van der Waals surface area contributed by atoms with Crippen LogP contribution in [-0.2, 0) is 22.7 Å². The van der Waals surface area contributed by atoms with Gasteiger partial charge in [0.25, 0.3) is 0 Å². The molecule has 23 heavy (non-hydrogen) atoms. The van der Waals surface area contributed by atoms with Gasteiger partial charge < -0.3 is 9.67 Å². The van der Waals surface area contributed by atoms with E-state index in [0.717, 1.165) is 6.07 Å². The summed E-state index contributed by atoms with van der Waals surface area (Å²) in [6.07, 6.45) is 3.75. The van der Waals surface area contributed by atoms with Gasteiger partial charge in [0.1, 0.15) is 22.1 Å². The fraction of sp³-hybridized carbons (Fsp3) is 0.400. The van der Waals surface area contributed by atoms with Gasteiger partial charge in [-0.2, -0.15) is 4.31 Å². The van der Waals surface area contributed by atoms with E-state index in [1.807, 2.05) is 0 Å². The van der Waals surface area contributed by atoms with Crippen molar-refractivity contribution in [2.45, 2.75) is 23.3 Å². The van der Waals surface area contributed by atoms with Crippen LogP contribution < -0.4 is 0 Å². The molecule has 1 aliphatic heterocycles. The first kappa shape index (κ1) is 16.1. The fourth-order valence-corrected chi connectivity index (χ4v) is 4.43. The summed E-state index contributed by atoms with van der Waals surface area (Å²) in [6, 6.07) is 5.32. The molecule has 1 aromatic carbocycles. The van der Waals surface area contributed by atoms with E-state index >= 15 is 0 Å². The van der Waals surface area contributed by atoms with Crippen LogP contribution in [0, 0.1) is 5.82 Å². The molecule has 124 valence electrons. The average Bonchev–Trinajstić information content (AvgIpc) is 2.95. The van der Waals surface area contributed by atoms with Crippen LogP contribution in [0.25, 0.3) is 0 Å². The van der Waals surface area contributed by atoms with Gasteiger partial charge in [-0.3, -0.25) is 0 Å². The molecule has 1 aliphatic rings. The highest BCUT2D eigenvalue weighted by Crippen LogP contribution is 2.33. The molecule has 0 atom stereocenters. The van der Waals surface area contributed by atoms with Crippen LogP contribution in [0.1, 0.15) is 18.7 Å². The molecule has 0 aliphatic carbocycles. The monoisotopic (exact) mass is 339 g/mol. The lowest BCUT2D eigenvalue weighted by Crippen LogP contribution is -2.46. The third kappa shape index (κ3) is 2.77. The standard InChI is InChI=1S/C15H18FN3O3S/c1-18-11-8-17-14(18)15(20)6-9-19(10-7-15)23(21,22)13-5-3-2-4-12(13)16/h2-5,8,11,20H,6-7,9-10H2,1H3. The summed E-state index contributed by atoms with van der Waals surface area (Å²) in [5.74, 6) is -0.252. The summed E-state index contributed by atoms with van der Waals surface area (Å²) in [5.41, 5.74) is -1.17. The smallest absolute Gasteiger partial charge is 0.245 e. The molecule has 3 rings (SSSR count). The van der Waals surface area contributed by atoms with Gasteiger partial charge in [0.15, 0.2) is 0 Å². The number of halogens is 1. The second-order valence-corrected chi connectivity index (χ2v) is 7.63. The molecule has 6 nitrogen and oxygen atoms in total. The molecule has 1 N–H and O–H groups in total. The molecule has 2 heterocycles. The second kappa shape index (κ2) is 5.70. The molecule has 1 fully saturated rings. The summed E-state index contributed by atoms with van der Waals surface area (Å²) in [7, 11) is -2.12.